The van der Waals surface area contributed by atoms with Gasteiger partial charge in [0.05, 0.1) is 5.02 Å². The van der Waals surface area contributed by atoms with E-state index in [1.54, 1.807) is 25.1 Å². The Morgan fingerprint density at radius 1 is 1.24 bits per heavy atom. The molecule has 1 aliphatic rings. The molecule has 2 aromatic rings. The van der Waals surface area contributed by atoms with E-state index in [0.717, 1.165) is 18.7 Å². The maximum atomic E-state index is 12.2. The van der Waals surface area contributed by atoms with Gasteiger partial charge in [-0.3, -0.25) is 4.79 Å². The Balaban J connectivity index is 0.00000225. The summed E-state index contributed by atoms with van der Waals surface area (Å²) >= 11 is 12.0. The molecule has 0 radical (unpaired) electrons. The fourth-order valence-electron chi connectivity index (χ4n) is 2.61. The Morgan fingerprint density at radius 3 is 2.80 bits per heavy atom. The molecular formula is C18H19Cl3N2O2. The van der Waals surface area contributed by atoms with Gasteiger partial charge in [0.15, 0.2) is 6.10 Å². The van der Waals surface area contributed by atoms with Crippen LogP contribution in [0.5, 0.6) is 5.75 Å². The molecule has 0 saturated heterocycles. The third kappa shape index (κ3) is 4.79. The van der Waals surface area contributed by atoms with Crippen LogP contribution in [0.25, 0.3) is 0 Å². The number of amides is 1. The van der Waals surface area contributed by atoms with Gasteiger partial charge in [-0.1, -0.05) is 47.5 Å². The Labute approximate surface area is 163 Å². The summed E-state index contributed by atoms with van der Waals surface area (Å²) < 4.78 is 5.61. The minimum atomic E-state index is -0.669. The molecule has 1 amide bonds. The number of benzene rings is 2. The average molecular weight is 402 g/mol. The second-order valence-corrected chi connectivity index (χ2v) is 6.52. The first kappa shape index (κ1) is 19.9. The van der Waals surface area contributed by atoms with Gasteiger partial charge in [0.1, 0.15) is 10.8 Å². The molecule has 1 atom stereocenters. The van der Waals surface area contributed by atoms with E-state index in [9.17, 15) is 4.79 Å². The molecule has 0 aromatic heterocycles. The van der Waals surface area contributed by atoms with Crippen LogP contribution in [0.3, 0.4) is 0 Å². The Hall–Kier alpha value is -1.46. The maximum absolute atomic E-state index is 12.2. The molecule has 1 aliphatic heterocycles. The molecule has 0 spiro atoms. The summed E-state index contributed by atoms with van der Waals surface area (Å²) in [5.41, 5.74) is 3.67. The molecule has 2 aromatic carbocycles. The molecule has 2 N–H and O–H groups in total. The number of hydrogen-bond donors (Lipinski definition) is 2. The summed E-state index contributed by atoms with van der Waals surface area (Å²) in [4.78, 5) is 12.2. The zero-order valence-corrected chi connectivity index (χ0v) is 16.0. The van der Waals surface area contributed by atoms with Crippen molar-refractivity contribution in [3.8, 4) is 5.75 Å². The number of fused-ring (bicyclic) bond motifs is 1. The van der Waals surface area contributed by atoms with Crippen LogP contribution in [-0.2, 0) is 24.4 Å². The van der Waals surface area contributed by atoms with Gasteiger partial charge < -0.3 is 15.4 Å². The van der Waals surface area contributed by atoms with Crippen LogP contribution in [0.15, 0.2) is 36.4 Å². The van der Waals surface area contributed by atoms with Crippen LogP contribution in [-0.4, -0.2) is 12.0 Å². The number of nitrogens with one attached hydrogen (secondary N) is 2. The highest BCUT2D eigenvalue weighted by Gasteiger charge is 2.17. The van der Waals surface area contributed by atoms with Gasteiger partial charge in [0.2, 0.25) is 0 Å². The van der Waals surface area contributed by atoms with Crippen LogP contribution in [0.2, 0.25) is 10.0 Å². The lowest BCUT2D eigenvalue weighted by Gasteiger charge is -2.16. The molecular weight excluding hydrogens is 383 g/mol. The summed E-state index contributed by atoms with van der Waals surface area (Å²) in [7, 11) is 0. The lowest BCUT2D eigenvalue weighted by molar-refractivity contribution is -0.127. The first-order chi connectivity index (χ1) is 11.5. The molecule has 3 rings (SSSR count). The number of rotatable bonds is 5. The van der Waals surface area contributed by atoms with Gasteiger partial charge in [-0.25, -0.2) is 0 Å². The number of hydrogen-bond acceptors (Lipinski definition) is 3. The summed E-state index contributed by atoms with van der Waals surface area (Å²) in [6, 6.07) is 11.3. The van der Waals surface area contributed by atoms with Crippen molar-refractivity contribution >= 4 is 41.5 Å². The number of carbonyl (C=O) groups is 1. The summed E-state index contributed by atoms with van der Waals surface area (Å²) in [6.07, 6.45) is -0.669. The van der Waals surface area contributed by atoms with Crippen LogP contribution in [0.4, 0.5) is 0 Å². The Bertz CT molecular complexity index is 768. The van der Waals surface area contributed by atoms with Gasteiger partial charge in [-0.05, 0) is 35.7 Å². The SMILES string of the molecule is CC(Oc1cccc(Cl)c1Cl)C(=O)NCc1ccc2c(c1)CNC2.Cl. The molecule has 1 unspecified atom stereocenters. The van der Waals surface area contributed by atoms with E-state index in [4.69, 9.17) is 27.9 Å². The summed E-state index contributed by atoms with van der Waals surface area (Å²) in [5.74, 6) is 0.195. The molecule has 1 heterocycles. The average Bonchev–Trinajstić information content (AvgIpc) is 3.04. The van der Waals surface area contributed by atoms with E-state index in [0.29, 0.717) is 22.3 Å². The van der Waals surface area contributed by atoms with Gasteiger partial charge in [0, 0.05) is 19.6 Å². The van der Waals surface area contributed by atoms with Gasteiger partial charge in [0.25, 0.3) is 5.91 Å². The molecule has 7 heteroatoms. The van der Waals surface area contributed by atoms with Crippen LogP contribution in [0, 0.1) is 0 Å². The van der Waals surface area contributed by atoms with E-state index >= 15 is 0 Å². The van der Waals surface area contributed by atoms with Gasteiger partial charge >= 0.3 is 0 Å². The highest BCUT2D eigenvalue weighted by molar-refractivity contribution is 6.42. The lowest BCUT2D eigenvalue weighted by atomic mass is 10.1. The van der Waals surface area contributed by atoms with E-state index in [-0.39, 0.29) is 18.3 Å². The van der Waals surface area contributed by atoms with Crippen molar-refractivity contribution in [2.45, 2.75) is 32.7 Å². The van der Waals surface area contributed by atoms with Crippen LogP contribution in [0.1, 0.15) is 23.6 Å². The molecule has 0 fully saturated rings. The Kier molecular flexibility index (Phi) is 6.96. The monoisotopic (exact) mass is 400 g/mol. The molecule has 0 bridgehead atoms. The van der Waals surface area contributed by atoms with Crippen molar-refractivity contribution in [2.24, 2.45) is 0 Å². The van der Waals surface area contributed by atoms with Crippen molar-refractivity contribution < 1.29 is 9.53 Å². The second kappa shape index (κ2) is 8.77. The van der Waals surface area contributed by atoms with Crippen LogP contribution >= 0.6 is 35.6 Å². The van der Waals surface area contributed by atoms with E-state index in [1.807, 2.05) is 6.07 Å². The largest absolute Gasteiger partial charge is 0.479 e. The van der Waals surface area contributed by atoms with Gasteiger partial charge in [-0.15, -0.1) is 12.4 Å². The molecule has 134 valence electrons. The predicted molar refractivity (Wildman–Crippen MR) is 103 cm³/mol. The van der Waals surface area contributed by atoms with Crippen molar-refractivity contribution in [3.63, 3.8) is 0 Å². The minimum Gasteiger partial charge on any atom is -0.479 e. The molecule has 4 nitrogen and oxygen atoms in total. The smallest absolute Gasteiger partial charge is 0.261 e. The highest BCUT2D eigenvalue weighted by atomic mass is 35.5. The van der Waals surface area contributed by atoms with E-state index in [2.05, 4.69) is 22.8 Å². The number of ether oxygens (including phenoxy) is 1. The highest BCUT2D eigenvalue weighted by Crippen LogP contribution is 2.32. The normalized spacial score (nSPS) is 13.6. The zero-order valence-electron chi connectivity index (χ0n) is 13.6. The quantitative estimate of drug-likeness (QED) is 0.793. The standard InChI is InChI=1S/C18H18Cl2N2O2.ClH/c1-11(24-16-4-2-3-15(19)17(16)20)18(23)22-8-12-5-6-13-9-21-10-14(13)7-12;/h2-7,11,21H,8-10H2,1H3,(H,22,23);1H. The van der Waals surface area contributed by atoms with E-state index in [1.165, 1.54) is 11.1 Å². The van der Waals surface area contributed by atoms with Crippen molar-refractivity contribution in [3.05, 3.63) is 63.1 Å². The van der Waals surface area contributed by atoms with Gasteiger partial charge in [-0.2, -0.15) is 0 Å². The van der Waals surface area contributed by atoms with Crippen LogP contribution < -0.4 is 15.4 Å². The maximum Gasteiger partial charge on any atom is 0.261 e. The third-order valence-corrected chi connectivity index (χ3v) is 4.76. The first-order valence-corrected chi connectivity index (χ1v) is 8.50. The second-order valence-electron chi connectivity index (χ2n) is 5.74. The zero-order chi connectivity index (χ0) is 17.1. The fraction of sp³-hybridized carbons (Fsp3) is 0.278. The summed E-state index contributed by atoms with van der Waals surface area (Å²) in [5, 5.41) is 6.90. The lowest BCUT2D eigenvalue weighted by Crippen LogP contribution is -2.36. The van der Waals surface area contributed by atoms with Crippen molar-refractivity contribution in [2.75, 3.05) is 0 Å². The topological polar surface area (TPSA) is 50.4 Å². The van der Waals surface area contributed by atoms with Crippen molar-refractivity contribution in [1.82, 2.24) is 10.6 Å². The number of carbonyl (C=O) groups excluding carboxylic acids is 1. The summed E-state index contributed by atoms with van der Waals surface area (Å²) in [6.45, 7) is 3.93. The minimum absolute atomic E-state index is 0. The molecule has 0 aliphatic carbocycles. The first-order valence-electron chi connectivity index (χ1n) is 7.74. The molecule has 0 saturated carbocycles. The fourth-order valence-corrected chi connectivity index (χ4v) is 2.95. The Morgan fingerprint density at radius 2 is 2.00 bits per heavy atom. The third-order valence-electron chi connectivity index (χ3n) is 3.96. The van der Waals surface area contributed by atoms with Crippen molar-refractivity contribution in [1.29, 1.82) is 0 Å². The predicted octanol–water partition coefficient (Wildman–Crippen LogP) is 4.10. The number of halogens is 3. The van der Waals surface area contributed by atoms with E-state index < -0.39 is 6.10 Å². The molecule has 25 heavy (non-hydrogen) atoms.